The molecule has 1 saturated heterocycles. The second kappa shape index (κ2) is 8.82. The topological polar surface area (TPSA) is 183 Å². The summed E-state index contributed by atoms with van der Waals surface area (Å²) >= 11 is 6.09. The lowest BCUT2D eigenvalue weighted by Crippen LogP contribution is -2.41. The third kappa shape index (κ3) is 4.74. The summed E-state index contributed by atoms with van der Waals surface area (Å²) in [7, 11) is -3.21. The van der Waals surface area contributed by atoms with Gasteiger partial charge in [-0.3, -0.25) is 9.36 Å². The van der Waals surface area contributed by atoms with E-state index in [9.17, 15) is 19.6 Å². The van der Waals surface area contributed by atoms with E-state index in [-0.39, 0.29) is 17.9 Å². The Morgan fingerprint density at radius 1 is 1.34 bits per heavy atom. The molecule has 0 bridgehead atoms. The fourth-order valence-corrected chi connectivity index (χ4v) is 4.45. The molecule has 2 aromatic rings. The van der Waals surface area contributed by atoms with Gasteiger partial charge in [0.2, 0.25) is 11.2 Å². The van der Waals surface area contributed by atoms with E-state index in [1.54, 1.807) is 0 Å². The SMILES string of the molecule is CN(C[C@H]1O[C@@H](n2ncc3c(NC4CCC4)nc(Cl)nc32)[C@H](O)[C@@H]1O)C(=O)CP(=O)(O)O. The average Bonchev–Trinajstić information content (AvgIpc) is 3.19. The molecule has 3 heterocycles. The number of likely N-dealkylation sites (N-methyl/N-ethyl adjacent to an activating group) is 1. The zero-order valence-corrected chi connectivity index (χ0v) is 18.7. The van der Waals surface area contributed by atoms with Gasteiger partial charge in [-0.15, -0.1) is 0 Å². The fraction of sp³-hybridized carbons (Fsp3) is 0.647. The lowest BCUT2D eigenvalue weighted by molar-refractivity contribution is -0.130. The zero-order chi connectivity index (χ0) is 23.2. The van der Waals surface area contributed by atoms with E-state index in [0.717, 1.165) is 24.2 Å². The summed E-state index contributed by atoms with van der Waals surface area (Å²) in [6, 6.07) is 0.285. The van der Waals surface area contributed by atoms with Gasteiger partial charge in [0, 0.05) is 19.6 Å². The maximum Gasteiger partial charge on any atom is 0.334 e. The summed E-state index contributed by atoms with van der Waals surface area (Å²) < 4.78 is 18.1. The number of halogens is 1. The van der Waals surface area contributed by atoms with Gasteiger partial charge in [0.15, 0.2) is 11.9 Å². The number of rotatable bonds is 7. The van der Waals surface area contributed by atoms with Gasteiger partial charge in [-0.1, -0.05) is 0 Å². The molecule has 32 heavy (non-hydrogen) atoms. The lowest BCUT2D eigenvalue weighted by atomic mass is 9.93. The quantitative estimate of drug-likeness (QED) is 0.253. The van der Waals surface area contributed by atoms with Crippen LogP contribution in [0.3, 0.4) is 0 Å². The number of amides is 1. The number of carbonyl (C=O) groups is 1. The van der Waals surface area contributed by atoms with Crippen molar-refractivity contribution in [2.45, 2.75) is 49.8 Å². The Morgan fingerprint density at radius 2 is 2.06 bits per heavy atom. The Labute approximate surface area is 187 Å². The molecule has 0 radical (unpaired) electrons. The van der Waals surface area contributed by atoms with Crippen molar-refractivity contribution in [3.8, 4) is 0 Å². The molecular weight excluding hydrogens is 467 g/mol. The van der Waals surface area contributed by atoms with Gasteiger partial charge in [-0.05, 0) is 30.9 Å². The van der Waals surface area contributed by atoms with Crippen molar-refractivity contribution < 1.29 is 34.1 Å². The number of hydrogen-bond donors (Lipinski definition) is 5. The number of aromatic nitrogens is 4. The van der Waals surface area contributed by atoms with Gasteiger partial charge in [-0.2, -0.15) is 15.1 Å². The first kappa shape index (κ1) is 23.3. The van der Waals surface area contributed by atoms with Gasteiger partial charge in [-0.25, -0.2) is 4.68 Å². The summed E-state index contributed by atoms with van der Waals surface area (Å²) in [5.74, 6) is -0.300. The molecule has 4 rings (SSSR count). The molecule has 0 unspecified atom stereocenters. The first-order valence-electron chi connectivity index (χ1n) is 10.0. The predicted octanol–water partition coefficient (Wildman–Crippen LogP) is -0.301. The second-order valence-corrected chi connectivity index (χ2v) is 10.1. The van der Waals surface area contributed by atoms with Crippen molar-refractivity contribution >= 4 is 42.0 Å². The van der Waals surface area contributed by atoms with Crippen LogP contribution in [0, 0.1) is 0 Å². The predicted molar refractivity (Wildman–Crippen MR) is 112 cm³/mol. The van der Waals surface area contributed by atoms with E-state index in [4.69, 9.17) is 26.1 Å². The van der Waals surface area contributed by atoms with E-state index >= 15 is 0 Å². The van der Waals surface area contributed by atoms with Crippen LogP contribution in [-0.4, -0.2) is 94.7 Å². The molecule has 1 saturated carbocycles. The smallest absolute Gasteiger partial charge is 0.334 e. The maximum atomic E-state index is 12.0. The molecule has 176 valence electrons. The summed E-state index contributed by atoms with van der Waals surface area (Å²) in [6.45, 7) is -0.197. The normalized spacial score (nSPS) is 26.3. The number of nitrogens with zero attached hydrogens (tertiary/aromatic N) is 5. The highest BCUT2D eigenvalue weighted by atomic mass is 35.5. The van der Waals surface area contributed by atoms with Crippen molar-refractivity contribution in [1.29, 1.82) is 0 Å². The molecule has 2 fully saturated rings. The Hall–Kier alpha value is -1.86. The zero-order valence-electron chi connectivity index (χ0n) is 17.1. The van der Waals surface area contributed by atoms with Crippen LogP contribution >= 0.6 is 19.2 Å². The number of anilines is 1. The Morgan fingerprint density at radius 3 is 2.69 bits per heavy atom. The number of nitrogens with one attached hydrogen (secondary N) is 1. The first-order valence-corrected chi connectivity index (χ1v) is 12.2. The standard InChI is InChI=1S/C17H24ClN6O7P/c1-23(11(25)7-32(28,29)30)6-10-12(26)13(27)16(31-10)24-15-9(5-19-24)14(21-17(18)22-15)20-8-3-2-4-8/h5,8,10,12-13,16,26-27H,2-4,6-7H2,1H3,(H,20,21,22)(H2,28,29,30)/t10-,12-,13-,16-/m1/s1. The molecule has 2 aliphatic rings. The highest BCUT2D eigenvalue weighted by Crippen LogP contribution is 2.36. The fourth-order valence-electron chi connectivity index (χ4n) is 3.69. The molecule has 1 aliphatic carbocycles. The molecule has 1 aliphatic heterocycles. The molecule has 13 nitrogen and oxygen atoms in total. The van der Waals surface area contributed by atoms with Crippen molar-refractivity contribution in [1.82, 2.24) is 24.6 Å². The van der Waals surface area contributed by atoms with Gasteiger partial charge in [0.25, 0.3) is 0 Å². The molecule has 1 amide bonds. The van der Waals surface area contributed by atoms with Crippen LogP contribution in [0.15, 0.2) is 6.20 Å². The third-order valence-corrected chi connectivity index (χ3v) is 6.52. The lowest BCUT2D eigenvalue weighted by Gasteiger charge is -2.27. The number of aliphatic hydroxyl groups excluding tert-OH is 2. The van der Waals surface area contributed by atoms with Gasteiger partial charge >= 0.3 is 7.60 Å². The summed E-state index contributed by atoms with van der Waals surface area (Å²) in [4.78, 5) is 39.4. The number of aliphatic hydroxyl groups is 2. The highest BCUT2D eigenvalue weighted by Gasteiger charge is 2.45. The Kier molecular flexibility index (Phi) is 6.43. The number of hydrogen-bond acceptors (Lipinski definition) is 9. The maximum absolute atomic E-state index is 12.0. The van der Waals surface area contributed by atoms with E-state index in [0.29, 0.717) is 16.9 Å². The van der Waals surface area contributed by atoms with Crippen LogP contribution in [0.2, 0.25) is 5.28 Å². The van der Waals surface area contributed by atoms with E-state index in [1.165, 1.54) is 17.9 Å². The van der Waals surface area contributed by atoms with Crippen LogP contribution in [0.25, 0.3) is 11.0 Å². The molecule has 15 heteroatoms. The summed E-state index contributed by atoms with van der Waals surface area (Å²) in [6.07, 6.45) is -1.21. The van der Waals surface area contributed by atoms with Crippen LogP contribution in [0.5, 0.6) is 0 Å². The van der Waals surface area contributed by atoms with E-state index in [2.05, 4.69) is 20.4 Å². The molecular formula is C17H24ClN6O7P. The minimum absolute atomic E-state index is 0.0200. The monoisotopic (exact) mass is 490 g/mol. The van der Waals surface area contributed by atoms with Crippen molar-refractivity contribution in [2.24, 2.45) is 0 Å². The van der Waals surface area contributed by atoms with Crippen molar-refractivity contribution in [3.63, 3.8) is 0 Å². The first-order chi connectivity index (χ1) is 15.0. The Bertz CT molecular complexity index is 1060. The highest BCUT2D eigenvalue weighted by molar-refractivity contribution is 7.52. The molecule has 5 N–H and O–H groups in total. The average molecular weight is 491 g/mol. The van der Waals surface area contributed by atoms with Crippen LogP contribution < -0.4 is 5.32 Å². The van der Waals surface area contributed by atoms with Crippen LogP contribution in [-0.2, 0) is 14.1 Å². The third-order valence-electron chi connectivity index (χ3n) is 5.67. The minimum atomic E-state index is -4.54. The molecule has 2 aromatic heterocycles. The van der Waals surface area contributed by atoms with Gasteiger partial charge < -0.3 is 35.0 Å². The van der Waals surface area contributed by atoms with Crippen LogP contribution in [0.1, 0.15) is 25.5 Å². The second-order valence-electron chi connectivity index (χ2n) is 8.08. The van der Waals surface area contributed by atoms with Gasteiger partial charge in [0.05, 0.1) is 11.6 Å². The minimum Gasteiger partial charge on any atom is -0.387 e. The van der Waals surface area contributed by atoms with Crippen LogP contribution in [0.4, 0.5) is 5.82 Å². The van der Waals surface area contributed by atoms with Crippen molar-refractivity contribution in [3.05, 3.63) is 11.5 Å². The van der Waals surface area contributed by atoms with E-state index < -0.39 is 44.2 Å². The summed E-state index contributed by atoms with van der Waals surface area (Å²) in [5, 5.41) is 29.1. The van der Waals surface area contributed by atoms with Gasteiger partial charge in [0.1, 0.15) is 30.3 Å². The molecule has 0 spiro atoms. The Balaban J connectivity index is 1.54. The largest absolute Gasteiger partial charge is 0.387 e. The number of carbonyl (C=O) groups excluding carboxylic acids is 1. The number of fused-ring (bicyclic) bond motifs is 1. The van der Waals surface area contributed by atoms with Crippen molar-refractivity contribution in [2.75, 3.05) is 25.1 Å². The molecule has 0 aromatic carbocycles. The number of ether oxygens (including phenoxy) is 1. The molecule has 4 atom stereocenters. The van der Waals surface area contributed by atoms with E-state index in [1.807, 2.05) is 0 Å². The summed E-state index contributed by atoms with van der Waals surface area (Å²) in [5.41, 5.74) is 0.301.